The van der Waals surface area contributed by atoms with Gasteiger partial charge in [-0.2, -0.15) is 13.2 Å². The molecule has 0 aromatic heterocycles. The number of nitrogens with one attached hydrogen (secondary N) is 2. The zero-order valence-electron chi connectivity index (χ0n) is 16.5. The quantitative estimate of drug-likeness (QED) is 0.603. The lowest BCUT2D eigenvalue weighted by Gasteiger charge is -2.44. The average molecular weight is 438 g/mol. The third-order valence-corrected chi connectivity index (χ3v) is 4.81. The standard InChI is InChI=1S/C21H21F3N2O5/c1-2-30-18(27)16-17(25-19(28)26-20(16,29)21(22,23)24)14-9-6-10-15(11-14)31-12-13-7-4-3-5-8-13/h3-11,16-17,29H,2,12H2,1H3,(H2,25,26,28). The molecule has 2 amide bonds. The van der Waals surface area contributed by atoms with Gasteiger partial charge in [-0.1, -0.05) is 42.5 Å². The molecule has 1 aliphatic heterocycles. The number of hydrogen-bond donors (Lipinski definition) is 3. The molecular weight excluding hydrogens is 417 g/mol. The third-order valence-electron chi connectivity index (χ3n) is 4.81. The Bertz CT molecular complexity index is 938. The normalized spacial score (nSPS) is 23.5. The van der Waals surface area contributed by atoms with Crippen LogP contribution in [-0.4, -0.2) is 35.6 Å². The molecule has 2 aromatic carbocycles. The maximum absolute atomic E-state index is 13.7. The monoisotopic (exact) mass is 438 g/mol. The van der Waals surface area contributed by atoms with Gasteiger partial charge in [-0.05, 0) is 30.2 Å². The lowest BCUT2D eigenvalue weighted by molar-refractivity contribution is -0.294. The SMILES string of the molecule is CCOC(=O)C1C(c2cccc(OCc3ccccc3)c2)NC(=O)NC1(O)C(F)(F)F. The number of carbonyl (C=O) groups is 2. The van der Waals surface area contributed by atoms with Crippen molar-refractivity contribution in [2.45, 2.75) is 31.5 Å². The molecule has 0 saturated carbocycles. The molecular formula is C21H21F3N2O5. The van der Waals surface area contributed by atoms with Crippen molar-refractivity contribution < 1.29 is 37.3 Å². The van der Waals surface area contributed by atoms with Gasteiger partial charge in [0, 0.05) is 0 Å². The van der Waals surface area contributed by atoms with E-state index in [0.717, 1.165) is 5.56 Å². The van der Waals surface area contributed by atoms with Crippen LogP contribution in [0.1, 0.15) is 24.1 Å². The van der Waals surface area contributed by atoms with Crippen molar-refractivity contribution in [3.63, 3.8) is 0 Å². The summed E-state index contributed by atoms with van der Waals surface area (Å²) in [4.78, 5) is 24.4. The fourth-order valence-corrected chi connectivity index (χ4v) is 3.35. The zero-order valence-corrected chi connectivity index (χ0v) is 16.5. The Morgan fingerprint density at radius 1 is 1.16 bits per heavy atom. The largest absolute Gasteiger partial charge is 0.489 e. The van der Waals surface area contributed by atoms with Gasteiger partial charge in [-0.15, -0.1) is 0 Å². The molecule has 0 spiro atoms. The minimum Gasteiger partial charge on any atom is -0.489 e. The number of urea groups is 1. The Hall–Kier alpha value is -3.27. The second kappa shape index (κ2) is 8.84. The van der Waals surface area contributed by atoms with E-state index in [1.807, 2.05) is 30.3 Å². The lowest BCUT2D eigenvalue weighted by atomic mass is 9.82. The van der Waals surface area contributed by atoms with E-state index >= 15 is 0 Å². The van der Waals surface area contributed by atoms with Gasteiger partial charge in [0.2, 0.25) is 0 Å². The Morgan fingerprint density at radius 3 is 2.52 bits per heavy atom. The lowest BCUT2D eigenvalue weighted by Crippen LogP contribution is -2.73. The van der Waals surface area contributed by atoms with E-state index in [0.29, 0.717) is 5.75 Å². The summed E-state index contributed by atoms with van der Waals surface area (Å²) in [6, 6.07) is 12.3. The van der Waals surface area contributed by atoms with E-state index < -0.39 is 35.9 Å². The Balaban J connectivity index is 1.94. The van der Waals surface area contributed by atoms with Crippen LogP contribution >= 0.6 is 0 Å². The van der Waals surface area contributed by atoms with Gasteiger partial charge >= 0.3 is 18.2 Å². The minimum absolute atomic E-state index is 0.140. The molecule has 7 nitrogen and oxygen atoms in total. The molecule has 31 heavy (non-hydrogen) atoms. The summed E-state index contributed by atoms with van der Waals surface area (Å²) >= 11 is 0. The molecule has 0 bridgehead atoms. The molecule has 1 saturated heterocycles. The molecule has 10 heteroatoms. The van der Waals surface area contributed by atoms with E-state index in [1.165, 1.54) is 30.4 Å². The predicted molar refractivity (Wildman–Crippen MR) is 103 cm³/mol. The van der Waals surface area contributed by atoms with E-state index in [1.54, 1.807) is 6.07 Å². The minimum atomic E-state index is -5.33. The maximum Gasteiger partial charge on any atom is 0.437 e. The van der Waals surface area contributed by atoms with Crippen molar-refractivity contribution in [2.24, 2.45) is 5.92 Å². The molecule has 0 radical (unpaired) electrons. The molecule has 2 aromatic rings. The van der Waals surface area contributed by atoms with Gasteiger partial charge in [-0.25, -0.2) is 4.79 Å². The highest BCUT2D eigenvalue weighted by atomic mass is 19.4. The van der Waals surface area contributed by atoms with Gasteiger partial charge in [0.15, 0.2) is 0 Å². The van der Waals surface area contributed by atoms with Gasteiger partial charge < -0.3 is 25.2 Å². The molecule has 3 rings (SSSR count). The van der Waals surface area contributed by atoms with Crippen LogP contribution in [0.4, 0.5) is 18.0 Å². The molecule has 1 aliphatic rings. The average Bonchev–Trinajstić information content (AvgIpc) is 2.72. The van der Waals surface area contributed by atoms with Crippen molar-refractivity contribution in [1.82, 2.24) is 10.6 Å². The first-order chi connectivity index (χ1) is 14.7. The van der Waals surface area contributed by atoms with E-state index in [2.05, 4.69) is 5.32 Å². The number of hydrogen-bond acceptors (Lipinski definition) is 5. The van der Waals surface area contributed by atoms with Crippen LogP contribution in [0.3, 0.4) is 0 Å². The first-order valence-corrected chi connectivity index (χ1v) is 9.47. The van der Waals surface area contributed by atoms with Gasteiger partial charge in [0.1, 0.15) is 18.3 Å². The van der Waals surface area contributed by atoms with Crippen molar-refractivity contribution in [1.29, 1.82) is 0 Å². The summed E-state index contributed by atoms with van der Waals surface area (Å²) in [6.45, 7) is 1.42. The number of halogens is 3. The van der Waals surface area contributed by atoms with Crippen molar-refractivity contribution in [3.05, 3.63) is 65.7 Å². The summed E-state index contributed by atoms with van der Waals surface area (Å²) in [5.74, 6) is -3.18. The highest BCUT2D eigenvalue weighted by Gasteiger charge is 2.67. The van der Waals surface area contributed by atoms with Crippen LogP contribution in [0.2, 0.25) is 0 Å². The number of rotatable bonds is 6. The number of esters is 1. The fraction of sp³-hybridized carbons (Fsp3) is 0.333. The number of carbonyl (C=O) groups excluding carboxylic acids is 2. The van der Waals surface area contributed by atoms with Gasteiger partial charge in [-0.3, -0.25) is 4.79 Å². The maximum atomic E-state index is 13.7. The fourth-order valence-electron chi connectivity index (χ4n) is 3.35. The first-order valence-electron chi connectivity index (χ1n) is 9.47. The molecule has 1 heterocycles. The van der Waals surface area contributed by atoms with Crippen LogP contribution in [0.25, 0.3) is 0 Å². The number of benzene rings is 2. The molecule has 0 aliphatic carbocycles. The molecule has 3 atom stereocenters. The van der Waals surface area contributed by atoms with Crippen molar-refractivity contribution in [3.8, 4) is 5.75 Å². The summed E-state index contributed by atoms with van der Waals surface area (Å²) in [5.41, 5.74) is -2.80. The van der Waals surface area contributed by atoms with Crippen molar-refractivity contribution >= 4 is 12.0 Å². The molecule has 1 fully saturated rings. The third kappa shape index (κ3) is 4.74. The summed E-state index contributed by atoms with van der Waals surface area (Å²) < 4.78 is 51.6. The predicted octanol–water partition coefficient (Wildman–Crippen LogP) is 3.05. The highest BCUT2D eigenvalue weighted by Crippen LogP contribution is 2.43. The molecule has 166 valence electrons. The number of amides is 2. The smallest absolute Gasteiger partial charge is 0.437 e. The second-order valence-electron chi connectivity index (χ2n) is 6.92. The van der Waals surface area contributed by atoms with Crippen LogP contribution in [0.5, 0.6) is 5.75 Å². The topological polar surface area (TPSA) is 96.9 Å². The van der Waals surface area contributed by atoms with Crippen LogP contribution in [0.15, 0.2) is 54.6 Å². The Kier molecular flexibility index (Phi) is 6.40. The summed E-state index contributed by atoms with van der Waals surface area (Å²) in [7, 11) is 0. The zero-order chi connectivity index (χ0) is 22.6. The van der Waals surface area contributed by atoms with Gasteiger partial charge in [0.05, 0.1) is 12.6 Å². The summed E-state index contributed by atoms with van der Waals surface area (Å²) in [6.07, 6.45) is -5.33. The molecule has 3 unspecified atom stereocenters. The Morgan fingerprint density at radius 2 is 1.87 bits per heavy atom. The van der Waals surface area contributed by atoms with E-state index in [-0.39, 0.29) is 18.8 Å². The highest BCUT2D eigenvalue weighted by molar-refractivity contribution is 5.83. The number of ether oxygens (including phenoxy) is 2. The van der Waals surface area contributed by atoms with Crippen LogP contribution in [-0.2, 0) is 16.1 Å². The van der Waals surface area contributed by atoms with Gasteiger partial charge in [0.25, 0.3) is 5.72 Å². The molecule has 3 N–H and O–H groups in total. The van der Waals surface area contributed by atoms with E-state index in [9.17, 15) is 27.9 Å². The summed E-state index contributed by atoms with van der Waals surface area (Å²) in [5, 5.41) is 14.1. The van der Waals surface area contributed by atoms with E-state index in [4.69, 9.17) is 9.47 Å². The number of alkyl halides is 3. The van der Waals surface area contributed by atoms with Crippen LogP contribution < -0.4 is 15.4 Å². The Labute approximate surface area is 176 Å². The number of aliphatic hydroxyl groups is 1. The first kappa shape index (κ1) is 22.4. The van der Waals surface area contributed by atoms with Crippen molar-refractivity contribution in [2.75, 3.05) is 6.61 Å². The second-order valence-corrected chi connectivity index (χ2v) is 6.92. The van der Waals surface area contributed by atoms with Crippen LogP contribution in [0, 0.1) is 5.92 Å².